The fraction of sp³-hybridized carbons (Fsp3) is 0.125. The van der Waals surface area contributed by atoms with Crippen LogP contribution in [-0.2, 0) is 17.9 Å². The molecular weight excluding hydrogens is 519 g/mol. The van der Waals surface area contributed by atoms with Crippen LogP contribution in [-0.4, -0.2) is 30.5 Å². The maximum absolute atomic E-state index is 13.6. The van der Waals surface area contributed by atoms with E-state index in [-0.39, 0.29) is 18.3 Å². The van der Waals surface area contributed by atoms with Gasteiger partial charge < -0.3 is 16.2 Å². The largest absolute Gasteiger partial charge is 0.392 e. The van der Waals surface area contributed by atoms with Crippen molar-refractivity contribution in [1.29, 1.82) is 0 Å². The number of aromatic nitrogens is 4. The fourth-order valence-electron chi connectivity index (χ4n) is 4.88. The topological polar surface area (TPSA) is 119 Å². The first-order valence-corrected chi connectivity index (χ1v) is 13.2. The molecule has 0 saturated heterocycles. The Morgan fingerprint density at radius 1 is 1.02 bits per heavy atom. The maximum atomic E-state index is 13.6. The number of nitrogen functional groups attached to an aromatic ring is 1. The Morgan fingerprint density at radius 2 is 1.88 bits per heavy atom. The molecule has 0 fully saturated rings. The Balaban J connectivity index is 1.37. The summed E-state index contributed by atoms with van der Waals surface area (Å²) in [6.45, 7) is 0.245. The lowest BCUT2D eigenvalue weighted by Crippen LogP contribution is -2.25. The first-order valence-electron chi connectivity index (χ1n) is 13.2. The van der Waals surface area contributed by atoms with Gasteiger partial charge in [0.1, 0.15) is 17.2 Å². The molecule has 0 atom stereocenters. The molecule has 8 nitrogen and oxygen atoms in total. The Bertz CT molecular complexity index is 1820. The maximum Gasteiger partial charge on any atom is 0.247 e. The summed E-state index contributed by atoms with van der Waals surface area (Å²) in [5, 5.41) is 12.5. The SMILES string of the molecule is Nc1ncccc1-c1nc2ccc(-c3cccc(CO)c3)nc2n1-c1ccc(CNC(=O)C2=CC(F)=CCC2)cc1. The molecule has 1 amide bonds. The molecule has 0 saturated carbocycles. The molecule has 0 bridgehead atoms. The number of imidazole rings is 1. The van der Waals surface area contributed by atoms with E-state index in [2.05, 4.69) is 10.3 Å². The highest BCUT2D eigenvalue weighted by molar-refractivity contribution is 5.94. The summed E-state index contributed by atoms with van der Waals surface area (Å²) < 4.78 is 15.5. The van der Waals surface area contributed by atoms with Gasteiger partial charge in [0, 0.05) is 29.6 Å². The van der Waals surface area contributed by atoms with E-state index in [1.54, 1.807) is 6.20 Å². The minimum Gasteiger partial charge on any atom is -0.392 e. The summed E-state index contributed by atoms with van der Waals surface area (Å²) in [6, 6.07) is 22.8. The molecule has 5 aromatic rings. The van der Waals surface area contributed by atoms with E-state index in [1.165, 1.54) is 12.2 Å². The third kappa shape index (κ3) is 5.35. The second kappa shape index (κ2) is 11.1. The molecule has 3 heterocycles. The highest BCUT2D eigenvalue weighted by atomic mass is 19.1. The van der Waals surface area contributed by atoms with E-state index in [4.69, 9.17) is 15.7 Å². The number of aliphatic hydroxyl groups is 1. The van der Waals surface area contributed by atoms with E-state index in [1.807, 2.05) is 77.4 Å². The van der Waals surface area contributed by atoms with Crippen LogP contribution in [0.2, 0.25) is 0 Å². The van der Waals surface area contributed by atoms with Gasteiger partial charge in [-0.15, -0.1) is 0 Å². The van der Waals surface area contributed by atoms with Crippen LogP contribution in [0, 0.1) is 0 Å². The first-order chi connectivity index (χ1) is 20.0. The number of carbonyl (C=O) groups excluding carboxylic acids is 1. The minimum absolute atomic E-state index is 0.0587. The van der Waals surface area contributed by atoms with Crippen molar-refractivity contribution in [3.05, 3.63) is 114 Å². The number of pyridine rings is 2. The molecule has 204 valence electrons. The lowest BCUT2D eigenvalue weighted by Gasteiger charge is -2.13. The number of nitrogens with one attached hydrogen (secondary N) is 1. The van der Waals surface area contributed by atoms with Crippen LogP contribution < -0.4 is 11.1 Å². The second-order valence-electron chi connectivity index (χ2n) is 9.75. The molecule has 6 rings (SSSR count). The normalized spacial score (nSPS) is 13.1. The van der Waals surface area contributed by atoms with Crippen LogP contribution in [0.3, 0.4) is 0 Å². The third-order valence-corrected chi connectivity index (χ3v) is 6.99. The molecule has 9 heteroatoms. The van der Waals surface area contributed by atoms with Gasteiger partial charge in [-0.3, -0.25) is 9.36 Å². The molecule has 0 unspecified atom stereocenters. The smallest absolute Gasteiger partial charge is 0.247 e. The average molecular weight is 547 g/mol. The van der Waals surface area contributed by atoms with Crippen LogP contribution >= 0.6 is 0 Å². The van der Waals surface area contributed by atoms with Gasteiger partial charge >= 0.3 is 0 Å². The predicted octanol–water partition coefficient (Wildman–Crippen LogP) is 5.41. The van der Waals surface area contributed by atoms with Crippen LogP contribution in [0.15, 0.2) is 103 Å². The molecule has 2 aromatic carbocycles. The van der Waals surface area contributed by atoms with Crippen molar-refractivity contribution < 1.29 is 14.3 Å². The highest BCUT2D eigenvalue weighted by Gasteiger charge is 2.19. The molecule has 1 aliphatic rings. The van der Waals surface area contributed by atoms with Crippen molar-refractivity contribution in [3.8, 4) is 28.3 Å². The number of anilines is 1. The number of hydrogen-bond acceptors (Lipinski definition) is 6. The lowest BCUT2D eigenvalue weighted by atomic mass is 10.0. The summed E-state index contributed by atoms with van der Waals surface area (Å²) in [5.74, 6) is 0.304. The van der Waals surface area contributed by atoms with Gasteiger partial charge in [-0.25, -0.2) is 19.3 Å². The van der Waals surface area contributed by atoms with E-state index in [9.17, 15) is 14.3 Å². The number of hydrogen-bond donors (Lipinski definition) is 3. The van der Waals surface area contributed by atoms with Crippen molar-refractivity contribution in [2.24, 2.45) is 0 Å². The zero-order chi connectivity index (χ0) is 28.3. The van der Waals surface area contributed by atoms with Gasteiger partial charge in [-0.1, -0.05) is 30.3 Å². The van der Waals surface area contributed by atoms with Gasteiger partial charge in [0.25, 0.3) is 0 Å². The highest BCUT2D eigenvalue weighted by Crippen LogP contribution is 2.32. The van der Waals surface area contributed by atoms with Crippen molar-refractivity contribution in [2.75, 3.05) is 5.73 Å². The average Bonchev–Trinajstić information content (AvgIpc) is 3.39. The number of halogens is 1. The van der Waals surface area contributed by atoms with Crippen LogP contribution in [0.1, 0.15) is 24.0 Å². The summed E-state index contributed by atoms with van der Waals surface area (Å²) in [6.07, 6.45) is 5.44. The first kappa shape index (κ1) is 26.1. The van der Waals surface area contributed by atoms with E-state index >= 15 is 0 Å². The number of aliphatic hydroxyl groups excluding tert-OH is 1. The summed E-state index contributed by atoms with van der Waals surface area (Å²) in [4.78, 5) is 26.6. The van der Waals surface area contributed by atoms with Crippen molar-refractivity contribution in [3.63, 3.8) is 0 Å². The number of nitrogens with zero attached hydrogens (tertiary/aromatic N) is 4. The van der Waals surface area contributed by atoms with Gasteiger partial charge in [0.15, 0.2) is 11.5 Å². The number of amides is 1. The molecule has 0 aliphatic heterocycles. The number of fused-ring (bicyclic) bond motifs is 1. The molecule has 3 aromatic heterocycles. The Labute approximate surface area is 235 Å². The Hall–Kier alpha value is -5.15. The predicted molar refractivity (Wildman–Crippen MR) is 156 cm³/mol. The number of allylic oxidation sites excluding steroid dienone is 3. The van der Waals surface area contributed by atoms with Crippen LogP contribution in [0.25, 0.3) is 39.5 Å². The summed E-state index contributed by atoms with van der Waals surface area (Å²) in [7, 11) is 0. The van der Waals surface area contributed by atoms with Crippen LogP contribution in [0.4, 0.5) is 10.2 Å². The summed E-state index contributed by atoms with van der Waals surface area (Å²) in [5.41, 5.74) is 12.8. The third-order valence-electron chi connectivity index (χ3n) is 6.99. The fourth-order valence-corrected chi connectivity index (χ4v) is 4.88. The van der Waals surface area contributed by atoms with Gasteiger partial charge in [0.05, 0.1) is 17.9 Å². The number of carbonyl (C=O) groups is 1. The van der Waals surface area contributed by atoms with E-state index in [0.29, 0.717) is 53.3 Å². The Kier molecular flexibility index (Phi) is 7.09. The van der Waals surface area contributed by atoms with Crippen molar-refractivity contribution in [2.45, 2.75) is 26.0 Å². The minimum atomic E-state index is -0.374. The zero-order valence-electron chi connectivity index (χ0n) is 22.1. The van der Waals surface area contributed by atoms with Crippen LogP contribution in [0.5, 0.6) is 0 Å². The zero-order valence-corrected chi connectivity index (χ0v) is 22.1. The van der Waals surface area contributed by atoms with Gasteiger partial charge in [0.2, 0.25) is 5.91 Å². The monoisotopic (exact) mass is 546 g/mol. The van der Waals surface area contributed by atoms with Crippen molar-refractivity contribution >= 4 is 22.9 Å². The second-order valence-corrected chi connectivity index (χ2v) is 9.75. The molecular formula is C32H27FN6O2. The van der Waals surface area contributed by atoms with Gasteiger partial charge in [-0.2, -0.15) is 0 Å². The number of benzene rings is 2. The number of rotatable bonds is 7. The quantitative estimate of drug-likeness (QED) is 0.251. The van der Waals surface area contributed by atoms with Crippen molar-refractivity contribution in [1.82, 2.24) is 24.8 Å². The molecule has 1 aliphatic carbocycles. The van der Waals surface area contributed by atoms with E-state index in [0.717, 1.165) is 28.1 Å². The molecule has 0 radical (unpaired) electrons. The molecule has 41 heavy (non-hydrogen) atoms. The summed E-state index contributed by atoms with van der Waals surface area (Å²) >= 11 is 0. The molecule has 4 N–H and O–H groups in total. The Morgan fingerprint density at radius 3 is 2.66 bits per heavy atom. The lowest BCUT2D eigenvalue weighted by molar-refractivity contribution is -0.117. The van der Waals surface area contributed by atoms with E-state index < -0.39 is 0 Å². The number of nitrogens with two attached hydrogens (primary N) is 1. The standard InChI is InChI=1S/C32H27FN6O2/c33-24-7-2-6-23(17-24)32(41)36-18-20-9-11-25(12-10-20)39-30(26-8-3-15-35-29(26)34)38-28-14-13-27(37-31(28)39)22-5-1-4-21(16-22)19-40/h1,3-5,7-17,40H,2,6,18-19H2,(H2,34,35)(H,36,41). The van der Waals surface area contributed by atoms with Gasteiger partial charge in [-0.05, 0) is 78.6 Å². The molecule has 0 spiro atoms.